The van der Waals surface area contributed by atoms with Crippen LogP contribution in [0.1, 0.15) is 49.3 Å². The van der Waals surface area contributed by atoms with Crippen LogP contribution in [0.3, 0.4) is 0 Å². The van der Waals surface area contributed by atoms with Gasteiger partial charge in [-0.2, -0.15) is 5.26 Å². The first-order valence-corrected chi connectivity index (χ1v) is 9.92. The number of nitriles is 1. The predicted molar refractivity (Wildman–Crippen MR) is 111 cm³/mol. The van der Waals surface area contributed by atoms with E-state index in [0.29, 0.717) is 18.2 Å². The third kappa shape index (κ3) is 5.86. The lowest BCUT2D eigenvalue weighted by atomic mass is 10.1. The number of rotatable bonds is 9. The summed E-state index contributed by atoms with van der Waals surface area (Å²) in [7, 11) is 0. The lowest BCUT2D eigenvalue weighted by Gasteiger charge is -2.08. The monoisotopic (exact) mass is 389 g/mol. The molecule has 2 aromatic carbocycles. The smallest absolute Gasteiger partial charge is 0.159 e. The lowest BCUT2D eigenvalue weighted by Crippen LogP contribution is -1.97. The van der Waals surface area contributed by atoms with Crippen LogP contribution in [0, 0.1) is 17.1 Å². The molecule has 0 saturated carbocycles. The predicted octanol–water partition coefficient (Wildman–Crippen LogP) is 5.86. The number of hydrogen-bond donors (Lipinski definition) is 0. The van der Waals surface area contributed by atoms with Crippen LogP contribution in [0.15, 0.2) is 54.9 Å². The highest BCUT2D eigenvalue weighted by Crippen LogP contribution is 2.19. The fourth-order valence-corrected chi connectivity index (χ4v) is 2.98. The van der Waals surface area contributed by atoms with Crippen molar-refractivity contribution in [3.63, 3.8) is 0 Å². The zero-order valence-corrected chi connectivity index (χ0v) is 16.6. The van der Waals surface area contributed by atoms with Gasteiger partial charge < -0.3 is 4.74 Å². The van der Waals surface area contributed by atoms with Gasteiger partial charge in [0.15, 0.2) is 5.82 Å². The van der Waals surface area contributed by atoms with E-state index in [1.807, 2.05) is 36.7 Å². The molecule has 148 valence electrons. The summed E-state index contributed by atoms with van der Waals surface area (Å²) >= 11 is 0. The molecule has 0 atom stereocenters. The van der Waals surface area contributed by atoms with Crippen molar-refractivity contribution in [2.45, 2.75) is 45.6 Å². The number of halogens is 1. The molecule has 0 amide bonds. The summed E-state index contributed by atoms with van der Waals surface area (Å²) in [6, 6.07) is 13.8. The normalized spacial score (nSPS) is 10.5. The second-order valence-electron chi connectivity index (χ2n) is 6.96. The highest BCUT2D eigenvalue weighted by atomic mass is 19.1. The van der Waals surface area contributed by atoms with Crippen molar-refractivity contribution < 1.29 is 9.13 Å². The highest BCUT2D eigenvalue weighted by Gasteiger charge is 2.05. The minimum Gasteiger partial charge on any atom is -0.489 e. The SMILES string of the molecule is CCCCCCc1cnc(-c2ccc(COc3ccc(C#N)c(F)c3)cc2)nc1. The second kappa shape index (κ2) is 10.3. The van der Waals surface area contributed by atoms with Gasteiger partial charge in [-0.15, -0.1) is 0 Å². The molecule has 3 aromatic rings. The van der Waals surface area contributed by atoms with Crippen LogP contribution in [0.4, 0.5) is 4.39 Å². The number of unbranched alkanes of at least 4 members (excludes halogenated alkanes) is 3. The minimum atomic E-state index is -0.577. The largest absolute Gasteiger partial charge is 0.489 e. The van der Waals surface area contributed by atoms with Crippen LogP contribution in [0.25, 0.3) is 11.4 Å². The van der Waals surface area contributed by atoms with Crippen LogP contribution >= 0.6 is 0 Å². The molecule has 0 radical (unpaired) electrons. The van der Waals surface area contributed by atoms with Gasteiger partial charge in [-0.1, -0.05) is 50.5 Å². The highest BCUT2D eigenvalue weighted by molar-refractivity contribution is 5.55. The fourth-order valence-electron chi connectivity index (χ4n) is 2.98. The van der Waals surface area contributed by atoms with Crippen LogP contribution in [-0.2, 0) is 13.0 Å². The fraction of sp³-hybridized carbons (Fsp3) is 0.292. The molecule has 0 fully saturated rings. The average Bonchev–Trinajstić information content (AvgIpc) is 2.76. The zero-order valence-electron chi connectivity index (χ0n) is 16.6. The van der Waals surface area contributed by atoms with Gasteiger partial charge in [0.1, 0.15) is 24.2 Å². The summed E-state index contributed by atoms with van der Waals surface area (Å²) in [5.41, 5.74) is 3.07. The first-order chi connectivity index (χ1) is 14.2. The van der Waals surface area contributed by atoms with Crippen LogP contribution in [-0.4, -0.2) is 9.97 Å². The first kappa shape index (κ1) is 20.5. The summed E-state index contributed by atoms with van der Waals surface area (Å²) in [6.07, 6.45) is 9.77. The van der Waals surface area contributed by atoms with E-state index in [1.54, 1.807) is 12.1 Å². The van der Waals surface area contributed by atoms with E-state index >= 15 is 0 Å². The molecule has 4 nitrogen and oxygen atoms in total. The number of hydrogen-bond acceptors (Lipinski definition) is 4. The van der Waals surface area contributed by atoms with E-state index in [9.17, 15) is 4.39 Å². The quantitative estimate of drug-likeness (QED) is 0.430. The van der Waals surface area contributed by atoms with Crippen molar-refractivity contribution in [2.24, 2.45) is 0 Å². The molecular weight excluding hydrogens is 365 g/mol. The van der Waals surface area contributed by atoms with E-state index in [2.05, 4.69) is 16.9 Å². The maximum atomic E-state index is 13.6. The summed E-state index contributed by atoms with van der Waals surface area (Å²) in [5, 5.41) is 8.77. The molecule has 5 heteroatoms. The topological polar surface area (TPSA) is 58.8 Å². The van der Waals surface area contributed by atoms with E-state index in [4.69, 9.17) is 10.00 Å². The molecular formula is C24H24FN3O. The Bertz CT molecular complexity index is 963. The average molecular weight is 389 g/mol. The third-order valence-corrected chi connectivity index (χ3v) is 4.70. The van der Waals surface area contributed by atoms with Crippen molar-refractivity contribution in [1.29, 1.82) is 5.26 Å². The van der Waals surface area contributed by atoms with Gasteiger partial charge in [0.05, 0.1) is 5.56 Å². The van der Waals surface area contributed by atoms with Crippen molar-refractivity contribution in [1.82, 2.24) is 9.97 Å². The van der Waals surface area contributed by atoms with Crippen molar-refractivity contribution in [3.8, 4) is 23.2 Å². The zero-order chi connectivity index (χ0) is 20.5. The van der Waals surface area contributed by atoms with Gasteiger partial charge in [0, 0.05) is 24.0 Å². The number of aromatic nitrogens is 2. The second-order valence-corrected chi connectivity index (χ2v) is 6.96. The molecule has 0 bridgehead atoms. The van der Waals surface area contributed by atoms with Crippen LogP contribution < -0.4 is 4.74 Å². The third-order valence-electron chi connectivity index (χ3n) is 4.70. The number of aryl methyl sites for hydroxylation is 1. The van der Waals surface area contributed by atoms with Gasteiger partial charge >= 0.3 is 0 Å². The minimum absolute atomic E-state index is 0.00804. The Balaban J connectivity index is 1.55. The van der Waals surface area contributed by atoms with Gasteiger partial charge in [-0.3, -0.25) is 0 Å². The molecule has 0 N–H and O–H groups in total. The van der Waals surface area contributed by atoms with Gasteiger partial charge in [-0.25, -0.2) is 14.4 Å². The van der Waals surface area contributed by atoms with E-state index in [1.165, 1.54) is 43.4 Å². The van der Waals surface area contributed by atoms with Crippen LogP contribution in [0.5, 0.6) is 5.75 Å². The number of nitrogens with zero attached hydrogens (tertiary/aromatic N) is 3. The van der Waals surface area contributed by atoms with Gasteiger partial charge in [0.2, 0.25) is 0 Å². The summed E-state index contributed by atoms with van der Waals surface area (Å²) < 4.78 is 19.2. The molecule has 0 saturated heterocycles. The maximum absolute atomic E-state index is 13.6. The van der Waals surface area contributed by atoms with E-state index in [0.717, 1.165) is 17.5 Å². The lowest BCUT2D eigenvalue weighted by molar-refractivity contribution is 0.304. The summed E-state index contributed by atoms with van der Waals surface area (Å²) in [4.78, 5) is 8.97. The molecule has 0 spiro atoms. The Labute approximate surface area is 171 Å². The Hall–Kier alpha value is -3.26. The molecule has 0 aliphatic rings. The molecule has 3 rings (SSSR count). The van der Waals surface area contributed by atoms with Gasteiger partial charge in [0.25, 0.3) is 0 Å². The standard InChI is InChI=1S/C24H24FN3O/c1-2-3-4-5-6-19-15-27-24(28-16-19)20-9-7-18(8-10-20)17-29-22-12-11-21(14-26)23(25)13-22/h7-13,15-16H,2-6,17H2,1H3. The van der Waals surface area contributed by atoms with Crippen molar-refractivity contribution >= 4 is 0 Å². The summed E-state index contributed by atoms with van der Waals surface area (Å²) in [5.74, 6) is 0.513. The number of ether oxygens (including phenoxy) is 1. The maximum Gasteiger partial charge on any atom is 0.159 e. The molecule has 29 heavy (non-hydrogen) atoms. The van der Waals surface area contributed by atoms with Crippen molar-refractivity contribution in [2.75, 3.05) is 0 Å². The Morgan fingerprint density at radius 2 is 1.72 bits per heavy atom. The number of benzene rings is 2. The Morgan fingerprint density at radius 3 is 2.38 bits per heavy atom. The molecule has 0 unspecified atom stereocenters. The Morgan fingerprint density at radius 1 is 0.966 bits per heavy atom. The van der Waals surface area contributed by atoms with E-state index in [-0.39, 0.29) is 5.56 Å². The summed E-state index contributed by atoms with van der Waals surface area (Å²) in [6.45, 7) is 2.52. The molecule has 1 aromatic heterocycles. The van der Waals surface area contributed by atoms with Gasteiger partial charge in [-0.05, 0) is 36.1 Å². The molecule has 0 aliphatic heterocycles. The van der Waals surface area contributed by atoms with Crippen LogP contribution in [0.2, 0.25) is 0 Å². The Kier molecular flexibility index (Phi) is 7.29. The first-order valence-electron chi connectivity index (χ1n) is 9.92. The van der Waals surface area contributed by atoms with Crippen molar-refractivity contribution in [3.05, 3.63) is 77.4 Å². The molecule has 1 heterocycles. The molecule has 0 aliphatic carbocycles. The van der Waals surface area contributed by atoms with E-state index < -0.39 is 5.82 Å².